The number of carbonyl (C=O) groups excluding carboxylic acids is 1. The number of carbonyl (C=O) groups is 1. The molecule has 0 unspecified atom stereocenters. The van der Waals surface area contributed by atoms with Gasteiger partial charge in [-0.3, -0.25) is 4.79 Å². The number of para-hydroxylation sites is 1. The number of benzene rings is 1. The summed E-state index contributed by atoms with van der Waals surface area (Å²) in [6, 6.07) is 8.02. The van der Waals surface area contributed by atoms with Crippen LogP contribution in [0.1, 0.15) is 44.1 Å². The third kappa shape index (κ3) is 2.86. The summed E-state index contributed by atoms with van der Waals surface area (Å²) in [7, 11) is 0. The van der Waals surface area contributed by atoms with Gasteiger partial charge in [-0.25, -0.2) is 0 Å². The van der Waals surface area contributed by atoms with E-state index < -0.39 is 0 Å². The van der Waals surface area contributed by atoms with Crippen molar-refractivity contribution in [1.82, 2.24) is 5.32 Å². The molecule has 3 heteroatoms. The summed E-state index contributed by atoms with van der Waals surface area (Å²) in [4.78, 5) is 12.8. The molecule has 23 heavy (non-hydrogen) atoms. The monoisotopic (exact) mass is 313 g/mol. The van der Waals surface area contributed by atoms with Gasteiger partial charge in [-0.1, -0.05) is 18.2 Å². The third-order valence-corrected chi connectivity index (χ3v) is 6.26. The maximum absolute atomic E-state index is 12.8. The summed E-state index contributed by atoms with van der Waals surface area (Å²) in [5.74, 6) is 3.65. The van der Waals surface area contributed by atoms with E-state index >= 15 is 0 Å². The van der Waals surface area contributed by atoms with Crippen LogP contribution in [0.3, 0.4) is 0 Å². The van der Waals surface area contributed by atoms with E-state index in [1.165, 1.54) is 19.3 Å². The molecule has 4 aliphatic rings. The lowest BCUT2D eigenvalue weighted by Gasteiger charge is -2.55. The maximum Gasteiger partial charge on any atom is 0.226 e. The predicted molar refractivity (Wildman–Crippen MR) is 90.3 cm³/mol. The average molecular weight is 313 g/mol. The molecule has 0 saturated heterocycles. The van der Waals surface area contributed by atoms with Crippen molar-refractivity contribution in [3.63, 3.8) is 0 Å². The number of hydrogen-bond acceptors (Lipinski definition) is 2. The van der Waals surface area contributed by atoms with Crippen LogP contribution in [-0.4, -0.2) is 19.1 Å². The molecule has 0 aromatic heterocycles. The molecule has 0 radical (unpaired) electrons. The van der Waals surface area contributed by atoms with Crippen LogP contribution in [0.15, 0.2) is 24.3 Å². The number of rotatable bonds is 5. The highest BCUT2D eigenvalue weighted by Gasteiger charge is 2.54. The predicted octanol–water partition coefficient (Wildman–Crippen LogP) is 3.71. The summed E-state index contributed by atoms with van der Waals surface area (Å²) in [6.45, 7) is 3.20. The molecule has 3 nitrogen and oxygen atoms in total. The lowest BCUT2D eigenvalue weighted by Crippen LogP contribution is -2.54. The molecule has 0 aliphatic heterocycles. The van der Waals surface area contributed by atoms with Crippen LogP contribution in [-0.2, 0) is 4.79 Å². The van der Waals surface area contributed by atoms with E-state index in [0.717, 1.165) is 48.3 Å². The second-order valence-electron chi connectivity index (χ2n) is 8.07. The summed E-state index contributed by atoms with van der Waals surface area (Å²) in [6.07, 6.45) is 7.52. The van der Waals surface area contributed by atoms with Gasteiger partial charge >= 0.3 is 0 Å². The van der Waals surface area contributed by atoms with Gasteiger partial charge in [0.1, 0.15) is 12.4 Å². The molecule has 1 aromatic carbocycles. The van der Waals surface area contributed by atoms with Crippen LogP contribution in [0.5, 0.6) is 5.75 Å². The lowest BCUT2D eigenvalue weighted by molar-refractivity contribution is -0.146. The van der Waals surface area contributed by atoms with Crippen LogP contribution in [0.2, 0.25) is 0 Å². The van der Waals surface area contributed by atoms with Gasteiger partial charge in [-0.05, 0) is 74.8 Å². The molecule has 1 amide bonds. The zero-order valence-corrected chi connectivity index (χ0v) is 14.0. The number of ether oxygens (including phenoxy) is 1. The first-order chi connectivity index (χ1) is 11.1. The van der Waals surface area contributed by atoms with Gasteiger partial charge < -0.3 is 10.1 Å². The molecule has 0 heterocycles. The summed E-state index contributed by atoms with van der Waals surface area (Å²) in [5.41, 5.74) is 1.09. The van der Waals surface area contributed by atoms with Crippen molar-refractivity contribution in [1.29, 1.82) is 0 Å². The molecule has 124 valence electrons. The molecule has 4 fully saturated rings. The fraction of sp³-hybridized carbons (Fsp3) is 0.650. The normalized spacial score (nSPS) is 34.4. The molecule has 1 aromatic rings. The zero-order chi connectivity index (χ0) is 15.9. The fourth-order valence-corrected chi connectivity index (χ4v) is 5.62. The Morgan fingerprint density at radius 1 is 1.13 bits per heavy atom. The summed E-state index contributed by atoms with van der Waals surface area (Å²) >= 11 is 0. The van der Waals surface area contributed by atoms with E-state index in [0.29, 0.717) is 19.1 Å². The minimum absolute atomic E-state index is 0.0442. The SMILES string of the molecule is Cc1ccccc1OCCNC(=O)C12CC3CC(CC(C3)C1)C2. The van der Waals surface area contributed by atoms with E-state index in [9.17, 15) is 4.79 Å². The lowest BCUT2D eigenvalue weighted by atomic mass is 9.49. The third-order valence-electron chi connectivity index (χ3n) is 6.26. The Hall–Kier alpha value is -1.51. The number of aryl methyl sites for hydroxylation is 1. The summed E-state index contributed by atoms with van der Waals surface area (Å²) in [5, 5.41) is 3.17. The Labute approximate surface area is 138 Å². The molecule has 1 N–H and O–H groups in total. The van der Waals surface area contributed by atoms with Crippen molar-refractivity contribution < 1.29 is 9.53 Å². The summed E-state index contributed by atoms with van der Waals surface area (Å²) < 4.78 is 5.79. The second kappa shape index (κ2) is 5.85. The Morgan fingerprint density at radius 3 is 2.35 bits per heavy atom. The van der Waals surface area contributed by atoms with E-state index in [1.807, 2.05) is 31.2 Å². The van der Waals surface area contributed by atoms with Gasteiger partial charge in [-0.2, -0.15) is 0 Å². The van der Waals surface area contributed by atoms with E-state index in [1.54, 1.807) is 0 Å². The quantitative estimate of drug-likeness (QED) is 0.842. The Bertz CT molecular complexity index is 560. The first kappa shape index (κ1) is 15.0. The van der Waals surface area contributed by atoms with Crippen LogP contribution in [0, 0.1) is 30.1 Å². The fourth-order valence-electron chi connectivity index (χ4n) is 5.62. The van der Waals surface area contributed by atoms with Gasteiger partial charge in [0.15, 0.2) is 0 Å². The molecule has 0 spiro atoms. The van der Waals surface area contributed by atoms with Crippen molar-refractivity contribution in [2.45, 2.75) is 45.4 Å². The highest BCUT2D eigenvalue weighted by molar-refractivity contribution is 5.83. The van der Waals surface area contributed by atoms with Crippen molar-refractivity contribution in [2.24, 2.45) is 23.2 Å². The Balaban J connectivity index is 1.30. The first-order valence-electron chi connectivity index (χ1n) is 9.11. The molecule has 4 aliphatic carbocycles. The number of nitrogens with one attached hydrogen (secondary N) is 1. The van der Waals surface area contributed by atoms with Crippen LogP contribution in [0.25, 0.3) is 0 Å². The van der Waals surface area contributed by atoms with Gasteiger partial charge in [0.25, 0.3) is 0 Å². The van der Waals surface area contributed by atoms with Crippen molar-refractivity contribution in [3.8, 4) is 5.75 Å². The standard InChI is InChI=1S/C20H27NO2/c1-14-4-2-3-5-18(14)23-7-6-21-19(22)20-11-15-8-16(12-20)10-17(9-15)13-20/h2-5,15-17H,6-13H2,1H3,(H,21,22). The van der Waals surface area contributed by atoms with Crippen molar-refractivity contribution in [2.75, 3.05) is 13.2 Å². The van der Waals surface area contributed by atoms with Gasteiger partial charge in [0.2, 0.25) is 5.91 Å². The van der Waals surface area contributed by atoms with Crippen LogP contribution < -0.4 is 10.1 Å². The average Bonchev–Trinajstić information content (AvgIpc) is 2.51. The van der Waals surface area contributed by atoms with Crippen molar-refractivity contribution >= 4 is 5.91 Å². The number of amides is 1. The first-order valence-corrected chi connectivity index (χ1v) is 9.11. The minimum atomic E-state index is -0.0442. The molecular formula is C20H27NO2. The second-order valence-corrected chi connectivity index (χ2v) is 8.07. The van der Waals surface area contributed by atoms with Gasteiger partial charge in [0.05, 0.1) is 6.54 Å². The highest BCUT2D eigenvalue weighted by atomic mass is 16.5. The highest BCUT2D eigenvalue weighted by Crippen LogP contribution is 2.60. The zero-order valence-electron chi connectivity index (χ0n) is 14.0. The molecule has 4 saturated carbocycles. The number of hydrogen-bond donors (Lipinski definition) is 1. The molecular weight excluding hydrogens is 286 g/mol. The van der Waals surface area contributed by atoms with E-state index in [2.05, 4.69) is 5.32 Å². The van der Waals surface area contributed by atoms with E-state index in [4.69, 9.17) is 4.74 Å². The molecule has 4 bridgehead atoms. The van der Waals surface area contributed by atoms with Gasteiger partial charge in [-0.15, -0.1) is 0 Å². The molecule has 0 atom stereocenters. The van der Waals surface area contributed by atoms with Crippen LogP contribution in [0.4, 0.5) is 0 Å². The van der Waals surface area contributed by atoms with Crippen LogP contribution >= 0.6 is 0 Å². The van der Waals surface area contributed by atoms with Gasteiger partial charge in [0, 0.05) is 5.41 Å². The minimum Gasteiger partial charge on any atom is -0.491 e. The van der Waals surface area contributed by atoms with Crippen molar-refractivity contribution in [3.05, 3.63) is 29.8 Å². The largest absolute Gasteiger partial charge is 0.491 e. The Kier molecular flexibility index (Phi) is 3.82. The molecule has 5 rings (SSSR count). The van der Waals surface area contributed by atoms with E-state index in [-0.39, 0.29) is 5.41 Å². The Morgan fingerprint density at radius 2 is 1.74 bits per heavy atom. The topological polar surface area (TPSA) is 38.3 Å². The maximum atomic E-state index is 12.8. The smallest absolute Gasteiger partial charge is 0.226 e.